The van der Waals surface area contributed by atoms with E-state index in [-0.39, 0.29) is 17.6 Å². The van der Waals surface area contributed by atoms with E-state index in [4.69, 9.17) is 4.74 Å². The molecule has 29 heavy (non-hydrogen) atoms. The molecule has 0 spiro atoms. The first-order valence-electron chi connectivity index (χ1n) is 9.92. The lowest BCUT2D eigenvalue weighted by Crippen LogP contribution is -2.40. The standard InChI is InChI=1S/C21H25N3O4S/c25-21(24-10-6-18(7-11-24)17-4-8-22-9-5-17)28-20-3-1-2-19(16-20)23-12-14-29(26,27)15-13-23/h1-5,8-9,16,18H,6-7,10-15H2. The fourth-order valence-electron chi connectivity index (χ4n) is 3.91. The Balaban J connectivity index is 1.33. The number of nitrogens with zero attached hydrogens (tertiary/aromatic N) is 3. The number of rotatable bonds is 3. The van der Waals surface area contributed by atoms with Crippen LogP contribution in [0.25, 0.3) is 0 Å². The molecule has 4 rings (SSSR count). The zero-order valence-electron chi connectivity index (χ0n) is 16.2. The van der Waals surface area contributed by atoms with Gasteiger partial charge in [-0.3, -0.25) is 4.98 Å². The van der Waals surface area contributed by atoms with E-state index in [1.165, 1.54) is 5.56 Å². The summed E-state index contributed by atoms with van der Waals surface area (Å²) in [6.07, 6.45) is 5.08. The van der Waals surface area contributed by atoms with Crippen molar-refractivity contribution in [3.05, 3.63) is 54.4 Å². The van der Waals surface area contributed by atoms with Gasteiger partial charge in [-0.2, -0.15) is 0 Å². The molecule has 1 aromatic carbocycles. The topological polar surface area (TPSA) is 79.8 Å². The number of sulfone groups is 1. The number of hydrogen-bond acceptors (Lipinski definition) is 6. The quantitative estimate of drug-likeness (QED) is 0.767. The van der Waals surface area contributed by atoms with Crippen LogP contribution in [0, 0.1) is 0 Å². The molecule has 2 saturated heterocycles. The largest absolute Gasteiger partial charge is 0.415 e. The highest BCUT2D eigenvalue weighted by atomic mass is 32.2. The van der Waals surface area contributed by atoms with Crippen molar-refractivity contribution in [1.29, 1.82) is 0 Å². The number of piperidine rings is 1. The molecule has 0 unspecified atom stereocenters. The number of likely N-dealkylation sites (tertiary alicyclic amines) is 1. The van der Waals surface area contributed by atoms with Crippen LogP contribution in [0.3, 0.4) is 0 Å². The lowest BCUT2D eigenvalue weighted by Gasteiger charge is -2.31. The van der Waals surface area contributed by atoms with Gasteiger partial charge in [-0.1, -0.05) is 6.07 Å². The van der Waals surface area contributed by atoms with E-state index in [1.807, 2.05) is 29.2 Å². The Hall–Kier alpha value is -2.61. The molecule has 1 aromatic heterocycles. The lowest BCUT2D eigenvalue weighted by molar-refractivity contribution is 0.138. The van der Waals surface area contributed by atoms with Gasteiger partial charge in [-0.15, -0.1) is 0 Å². The molecule has 0 saturated carbocycles. The minimum atomic E-state index is -2.93. The number of anilines is 1. The van der Waals surface area contributed by atoms with Gasteiger partial charge in [0.1, 0.15) is 5.75 Å². The van der Waals surface area contributed by atoms with Gasteiger partial charge in [0.25, 0.3) is 0 Å². The maximum atomic E-state index is 12.6. The first kappa shape index (κ1) is 19.7. The second kappa shape index (κ2) is 8.41. The van der Waals surface area contributed by atoms with Gasteiger partial charge in [0.2, 0.25) is 0 Å². The molecule has 0 bridgehead atoms. The van der Waals surface area contributed by atoms with Crippen LogP contribution in [0.15, 0.2) is 48.8 Å². The summed E-state index contributed by atoms with van der Waals surface area (Å²) in [5.74, 6) is 1.24. The van der Waals surface area contributed by atoms with E-state index in [1.54, 1.807) is 29.4 Å². The predicted octanol–water partition coefficient (Wildman–Crippen LogP) is 2.69. The minimum Gasteiger partial charge on any atom is -0.410 e. The second-order valence-electron chi connectivity index (χ2n) is 7.55. The fraction of sp³-hybridized carbons (Fsp3) is 0.429. The van der Waals surface area contributed by atoms with Crippen LogP contribution >= 0.6 is 0 Å². The van der Waals surface area contributed by atoms with Gasteiger partial charge in [-0.25, -0.2) is 13.2 Å². The van der Waals surface area contributed by atoms with Crippen molar-refractivity contribution < 1.29 is 17.9 Å². The van der Waals surface area contributed by atoms with Crippen LogP contribution in [-0.4, -0.2) is 62.1 Å². The molecule has 2 aromatic rings. The van der Waals surface area contributed by atoms with Gasteiger partial charge in [-0.05, 0) is 48.6 Å². The molecule has 0 aliphatic carbocycles. The summed E-state index contributed by atoms with van der Waals surface area (Å²) in [6, 6.07) is 11.4. The van der Waals surface area contributed by atoms with Crippen molar-refractivity contribution in [1.82, 2.24) is 9.88 Å². The van der Waals surface area contributed by atoms with Gasteiger partial charge in [0, 0.05) is 50.3 Å². The highest BCUT2D eigenvalue weighted by Gasteiger charge is 2.26. The Morgan fingerprint density at radius 3 is 2.38 bits per heavy atom. The van der Waals surface area contributed by atoms with E-state index >= 15 is 0 Å². The molecular weight excluding hydrogens is 390 g/mol. The molecular formula is C21H25N3O4S. The van der Waals surface area contributed by atoms with E-state index in [9.17, 15) is 13.2 Å². The number of carbonyl (C=O) groups excluding carboxylic acids is 1. The van der Waals surface area contributed by atoms with Crippen molar-refractivity contribution >= 4 is 21.6 Å². The Morgan fingerprint density at radius 1 is 1.00 bits per heavy atom. The summed E-state index contributed by atoms with van der Waals surface area (Å²) in [6.45, 7) is 2.25. The molecule has 0 atom stereocenters. The van der Waals surface area contributed by atoms with Crippen LogP contribution in [-0.2, 0) is 9.84 Å². The summed E-state index contributed by atoms with van der Waals surface area (Å²) in [7, 11) is -2.93. The van der Waals surface area contributed by atoms with Crippen molar-refractivity contribution in [3.8, 4) is 5.75 Å². The summed E-state index contributed by atoms with van der Waals surface area (Å²) in [4.78, 5) is 20.4. The fourth-order valence-corrected chi connectivity index (χ4v) is 5.11. The molecule has 7 nitrogen and oxygen atoms in total. The third kappa shape index (κ3) is 4.87. The SMILES string of the molecule is O=C(Oc1cccc(N2CCS(=O)(=O)CC2)c1)N1CCC(c2ccncc2)CC1. The van der Waals surface area contributed by atoms with Gasteiger partial charge >= 0.3 is 6.09 Å². The van der Waals surface area contributed by atoms with Crippen molar-refractivity contribution in [2.45, 2.75) is 18.8 Å². The van der Waals surface area contributed by atoms with E-state index in [0.717, 1.165) is 18.5 Å². The first-order valence-corrected chi connectivity index (χ1v) is 11.7. The maximum Gasteiger partial charge on any atom is 0.415 e. The number of amides is 1. The van der Waals surface area contributed by atoms with E-state index < -0.39 is 9.84 Å². The molecule has 154 valence electrons. The average Bonchev–Trinajstić information content (AvgIpc) is 2.75. The molecule has 0 N–H and O–H groups in total. The van der Waals surface area contributed by atoms with Gasteiger partial charge < -0.3 is 14.5 Å². The smallest absolute Gasteiger partial charge is 0.410 e. The zero-order valence-corrected chi connectivity index (χ0v) is 17.1. The molecule has 2 fully saturated rings. The molecule has 2 aliphatic heterocycles. The molecule has 2 aliphatic rings. The molecule has 8 heteroatoms. The Bertz CT molecular complexity index is 943. The zero-order chi connectivity index (χ0) is 20.3. The number of carbonyl (C=O) groups is 1. The maximum absolute atomic E-state index is 12.6. The highest BCUT2D eigenvalue weighted by Crippen LogP contribution is 2.28. The third-order valence-corrected chi connectivity index (χ3v) is 7.27. The van der Waals surface area contributed by atoms with Crippen LogP contribution in [0.2, 0.25) is 0 Å². The summed E-state index contributed by atoms with van der Waals surface area (Å²) < 4.78 is 28.8. The normalized spacial score (nSPS) is 19.7. The molecule has 1 amide bonds. The number of ether oxygens (including phenoxy) is 1. The number of hydrogen-bond donors (Lipinski definition) is 0. The molecule has 3 heterocycles. The number of aromatic nitrogens is 1. The number of benzene rings is 1. The van der Waals surface area contributed by atoms with Crippen molar-refractivity contribution in [2.24, 2.45) is 0 Å². The van der Waals surface area contributed by atoms with Crippen LogP contribution in [0.1, 0.15) is 24.3 Å². The summed E-state index contributed by atoms with van der Waals surface area (Å²) in [5, 5.41) is 0. The Morgan fingerprint density at radius 2 is 1.69 bits per heavy atom. The molecule has 0 radical (unpaired) electrons. The van der Waals surface area contributed by atoms with Crippen molar-refractivity contribution in [2.75, 3.05) is 42.6 Å². The second-order valence-corrected chi connectivity index (χ2v) is 9.85. The summed E-state index contributed by atoms with van der Waals surface area (Å²) in [5.41, 5.74) is 2.14. The summed E-state index contributed by atoms with van der Waals surface area (Å²) >= 11 is 0. The predicted molar refractivity (Wildman–Crippen MR) is 111 cm³/mol. The number of pyridine rings is 1. The monoisotopic (exact) mass is 415 g/mol. The van der Waals surface area contributed by atoms with Crippen LogP contribution in [0.5, 0.6) is 5.75 Å². The van der Waals surface area contributed by atoms with Crippen LogP contribution in [0.4, 0.5) is 10.5 Å². The lowest BCUT2D eigenvalue weighted by atomic mass is 9.90. The van der Waals surface area contributed by atoms with Gasteiger partial charge in [0.15, 0.2) is 9.84 Å². The van der Waals surface area contributed by atoms with Gasteiger partial charge in [0.05, 0.1) is 11.5 Å². The van der Waals surface area contributed by atoms with E-state index in [0.29, 0.717) is 37.8 Å². The Labute approximate surface area is 171 Å². The minimum absolute atomic E-state index is 0.156. The Kier molecular flexibility index (Phi) is 5.71. The highest BCUT2D eigenvalue weighted by molar-refractivity contribution is 7.91. The first-order chi connectivity index (χ1) is 14.0. The van der Waals surface area contributed by atoms with E-state index in [2.05, 4.69) is 4.98 Å². The average molecular weight is 416 g/mol. The van der Waals surface area contributed by atoms with Crippen molar-refractivity contribution in [3.63, 3.8) is 0 Å². The third-order valence-electron chi connectivity index (χ3n) is 5.66. The van der Waals surface area contributed by atoms with Crippen LogP contribution < -0.4 is 9.64 Å².